The van der Waals surface area contributed by atoms with Crippen LogP contribution in [0.25, 0.3) is 0 Å². The number of carboxylic acids is 1. The predicted molar refractivity (Wildman–Crippen MR) is 61.0 cm³/mol. The maximum absolute atomic E-state index is 11.1. The van der Waals surface area contributed by atoms with Crippen LogP contribution in [0.2, 0.25) is 0 Å². The molecule has 1 atom stereocenters. The van der Waals surface area contributed by atoms with Crippen LogP contribution in [0.15, 0.2) is 4.52 Å². The highest BCUT2D eigenvalue weighted by molar-refractivity contribution is 5.73. The zero-order valence-electron chi connectivity index (χ0n) is 10.0. The molecule has 2 aliphatic rings. The third-order valence-electron chi connectivity index (χ3n) is 3.39. The molecule has 18 heavy (non-hydrogen) atoms. The van der Waals surface area contributed by atoms with Crippen LogP contribution in [0.1, 0.15) is 30.5 Å². The minimum absolute atomic E-state index is 0.435. The molecular weight excluding hydrogens is 236 g/mol. The molecule has 3 rings (SSSR count). The lowest BCUT2D eigenvalue weighted by atomic mass is 10.2. The van der Waals surface area contributed by atoms with Crippen LogP contribution in [-0.2, 0) is 11.3 Å². The summed E-state index contributed by atoms with van der Waals surface area (Å²) in [6.45, 7) is 2.37. The molecule has 1 aromatic rings. The molecule has 0 aromatic carbocycles. The van der Waals surface area contributed by atoms with Crippen molar-refractivity contribution >= 4 is 5.97 Å². The Kier molecular flexibility index (Phi) is 3.00. The van der Waals surface area contributed by atoms with Crippen molar-refractivity contribution in [2.75, 3.05) is 19.6 Å². The number of aromatic nitrogens is 2. The lowest BCUT2D eigenvalue weighted by Crippen LogP contribution is -2.54. The van der Waals surface area contributed by atoms with E-state index in [0.717, 1.165) is 19.4 Å². The Morgan fingerprint density at radius 2 is 2.39 bits per heavy atom. The first-order valence-electron chi connectivity index (χ1n) is 6.24. The first kappa shape index (κ1) is 11.6. The van der Waals surface area contributed by atoms with Gasteiger partial charge in [0, 0.05) is 25.6 Å². The van der Waals surface area contributed by atoms with Crippen molar-refractivity contribution in [3.8, 4) is 0 Å². The molecule has 0 radical (unpaired) electrons. The Bertz CT molecular complexity index is 443. The van der Waals surface area contributed by atoms with Crippen LogP contribution in [0.3, 0.4) is 0 Å². The third kappa shape index (κ3) is 2.37. The van der Waals surface area contributed by atoms with E-state index in [1.807, 2.05) is 4.90 Å². The summed E-state index contributed by atoms with van der Waals surface area (Å²) in [5.41, 5.74) is 0. The van der Waals surface area contributed by atoms with Gasteiger partial charge in [0.25, 0.3) is 0 Å². The average molecular weight is 252 g/mol. The summed E-state index contributed by atoms with van der Waals surface area (Å²) >= 11 is 0. The van der Waals surface area contributed by atoms with Crippen molar-refractivity contribution in [3.63, 3.8) is 0 Å². The number of carboxylic acid groups (broad SMARTS) is 1. The van der Waals surface area contributed by atoms with Gasteiger partial charge in [-0.15, -0.1) is 0 Å². The lowest BCUT2D eigenvalue weighted by Gasteiger charge is -2.32. The maximum Gasteiger partial charge on any atom is 0.322 e. The van der Waals surface area contributed by atoms with Crippen LogP contribution in [0.5, 0.6) is 0 Å². The smallest absolute Gasteiger partial charge is 0.322 e. The zero-order chi connectivity index (χ0) is 12.5. The number of nitrogens with one attached hydrogen (secondary N) is 1. The van der Waals surface area contributed by atoms with E-state index in [9.17, 15) is 4.79 Å². The van der Waals surface area contributed by atoms with Crippen molar-refractivity contribution in [2.24, 2.45) is 0 Å². The van der Waals surface area contributed by atoms with Gasteiger partial charge in [0.2, 0.25) is 5.89 Å². The minimum atomic E-state index is -0.812. The van der Waals surface area contributed by atoms with E-state index in [4.69, 9.17) is 9.63 Å². The molecule has 98 valence electrons. The van der Waals surface area contributed by atoms with E-state index in [-0.39, 0.29) is 0 Å². The standard InChI is InChI=1S/C11H16N4O3/c16-11(17)8-5-12-3-4-15(8)6-9-13-10(18-14-9)7-1-2-7/h7-8,12H,1-6H2,(H,16,17). The molecule has 1 aliphatic heterocycles. The molecule has 1 saturated carbocycles. The number of hydrogen-bond acceptors (Lipinski definition) is 6. The largest absolute Gasteiger partial charge is 0.480 e. The molecular formula is C11H16N4O3. The van der Waals surface area contributed by atoms with Crippen LogP contribution in [0.4, 0.5) is 0 Å². The Morgan fingerprint density at radius 3 is 3.11 bits per heavy atom. The van der Waals surface area contributed by atoms with E-state index in [1.54, 1.807) is 0 Å². The summed E-state index contributed by atoms with van der Waals surface area (Å²) in [6.07, 6.45) is 2.24. The molecule has 7 heteroatoms. The highest BCUT2D eigenvalue weighted by Crippen LogP contribution is 2.38. The molecule has 1 aliphatic carbocycles. The van der Waals surface area contributed by atoms with Gasteiger partial charge >= 0.3 is 5.97 Å². The highest BCUT2D eigenvalue weighted by atomic mass is 16.5. The van der Waals surface area contributed by atoms with E-state index in [1.165, 1.54) is 0 Å². The molecule has 1 aromatic heterocycles. The van der Waals surface area contributed by atoms with Gasteiger partial charge in [-0.25, -0.2) is 0 Å². The van der Waals surface area contributed by atoms with Gasteiger partial charge in [-0.3, -0.25) is 9.69 Å². The highest BCUT2D eigenvalue weighted by Gasteiger charge is 2.32. The van der Waals surface area contributed by atoms with E-state index >= 15 is 0 Å². The van der Waals surface area contributed by atoms with Crippen molar-refractivity contribution in [3.05, 3.63) is 11.7 Å². The van der Waals surface area contributed by atoms with E-state index in [0.29, 0.717) is 37.3 Å². The van der Waals surface area contributed by atoms with Crippen molar-refractivity contribution in [1.29, 1.82) is 0 Å². The fourth-order valence-electron chi connectivity index (χ4n) is 2.19. The molecule has 0 amide bonds. The molecule has 0 bridgehead atoms. The SMILES string of the molecule is O=C(O)C1CNCCN1Cc1noc(C2CC2)n1. The van der Waals surface area contributed by atoms with Crippen LogP contribution < -0.4 is 5.32 Å². The summed E-state index contributed by atoms with van der Waals surface area (Å²) < 4.78 is 5.17. The fraction of sp³-hybridized carbons (Fsp3) is 0.727. The van der Waals surface area contributed by atoms with Gasteiger partial charge in [0.05, 0.1) is 6.54 Å². The molecule has 0 spiro atoms. The molecule has 7 nitrogen and oxygen atoms in total. The summed E-state index contributed by atoms with van der Waals surface area (Å²) in [5.74, 6) is 0.912. The second-order valence-corrected chi connectivity index (χ2v) is 4.85. The number of nitrogens with zero attached hydrogens (tertiary/aromatic N) is 3. The number of hydrogen-bond donors (Lipinski definition) is 2. The van der Waals surface area contributed by atoms with Crippen LogP contribution in [0, 0.1) is 0 Å². The van der Waals surface area contributed by atoms with E-state index in [2.05, 4.69) is 15.5 Å². The first-order valence-corrected chi connectivity index (χ1v) is 6.24. The lowest BCUT2D eigenvalue weighted by molar-refractivity contribution is -0.144. The summed E-state index contributed by atoms with van der Waals surface area (Å²) in [5, 5.41) is 16.1. The topological polar surface area (TPSA) is 91.5 Å². The number of piperazine rings is 1. The minimum Gasteiger partial charge on any atom is -0.480 e. The molecule has 2 N–H and O–H groups in total. The normalized spacial score (nSPS) is 25.2. The summed E-state index contributed by atoms with van der Waals surface area (Å²) in [4.78, 5) is 17.3. The molecule has 2 fully saturated rings. The van der Waals surface area contributed by atoms with Crippen molar-refractivity contribution < 1.29 is 14.4 Å². The Morgan fingerprint density at radius 1 is 1.56 bits per heavy atom. The molecule has 1 saturated heterocycles. The second-order valence-electron chi connectivity index (χ2n) is 4.85. The number of carbonyl (C=O) groups is 1. The van der Waals surface area contributed by atoms with Gasteiger partial charge < -0.3 is 14.9 Å². The Balaban J connectivity index is 1.67. The van der Waals surface area contributed by atoms with E-state index < -0.39 is 12.0 Å². The fourth-order valence-corrected chi connectivity index (χ4v) is 2.19. The monoisotopic (exact) mass is 252 g/mol. The zero-order valence-corrected chi connectivity index (χ0v) is 10.0. The van der Waals surface area contributed by atoms with Crippen LogP contribution in [-0.4, -0.2) is 51.8 Å². The molecule has 2 heterocycles. The maximum atomic E-state index is 11.1. The summed E-state index contributed by atoms with van der Waals surface area (Å²) in [6, 6.07) is -0.512. The second kappa shape index (κ2) is 4.66. The van der Waals surface area contributed by atoms with Gasteiger partial charge in [0.1, 0.15) is 6.04 Å². The first-order chi connectivity index (χ1) is 8.74. The Hall–Kier alpha value is -1.47. The third-order valence-corrected chi connectivity index (χ3v) is 3.39. The molecule has 1 unspecified atom stereocenters. The number of rotatable bonds is 4. The predicted octanol–water partition coefficient (Wildman–Crippen LogP) is -0.195. The van der Waals surface area contributed by atoms with Gasteiger partial charge in [-0.05, 0) is 12.8 Å². The van der Waals surface area contributed by atoms with Crippen molar-refractivity contribution in [1.82, 2.24) is 20.4 Å². The average Bonchev–Trinajstić information content (AvgIpc) is 3.11. The quantitative estimate of drug-likeness (QED) is 0.767. The van der Waals surface area contributed by atoms with Gasteiger partial charge in [-0.2, -0.15) is 4.98 Å². The summed E-state index contributed by atoms with van der Waals surface area (Å²) in [7, 11) is 0. The van der Waals surface area contributed by atoms with Crippen molar-refractivity contribution in [2.45, 2.75) is 31.3 Å². The number of aliphatic carboxylic acids is 1. The van der Waals surface area contributed by atoms with Crippen LogP contribution >= 0.6 is 0 Å². The Labute approximate surface area is 104 Å². The van der Waals surface area contributed by atoms with Gasteiger partial charge in [0.15, 0.2) is 5.82 Å². The van der Waals surface area contributed by atoms with Gasteiger partial charge in [-0.1, -0.05) is 5.16 Å².